The second kappa shape index (κ2) is 5.91. The van der Waals surface area contributed by atoms with Crippen molar-refractivity contribution in [3.05, 3.63) is 28.8 Å². The summed E-state index contributed by atoms with van der Waals surface area (Å²) in [6.07, 6.45) is 2.39. The highest BCUT2D eigenvalue weighted by Crippen LogP contribution is 2.30. The summed E-state index contributed by atoms with van der Waals surface area (Å²) in [6.45, 7) is 3.17. The smallest absolute Gasteiger partial charge is 0.0702 e. The molecule has 0 spiro atoms. The minimum atomic E-state index is 0.0207. The van der Waals surface area contributed by atoms with E-state index >= 15 is 0 Å². The number of hydrogen-bond donors (Lipinski definition) is 1. The van der Waals surface area contributed by atoms with Gasteiger partial charge in [0.1, 0.15) is 0 Å². The minimum absolute atomic E-state index is 0.0207. The van der Waals surface area contributed by atoms with E-state index in [0.29, 0.717) is 17.2 Å². The van der Waals surface area contributed by atoms with Gasteiger partial charge in [0.25, 0.3) is 0 Å². The van der Waals surface area contributed by atoms with Crippen LogP contribution in [0.5, 0.6) is 0 Å². The molecule has 1 heterocycles. The predicted octanol–water partition coefficient (Wildman–Crippen LogP) is 2.84. The van der Waals surface area contributed by atoms with Gasteiger partial charge in [-0.2, -0.15) is 0 Å². The first-order valence-electron chi connectivity index (χ1n) is 6.34. The first-order chi connectivity index (χ1) is 8.65. The number of aliphatic hydroxyl groups is 1. The normalized spacial score (nSPS) is 24.3. The average Bonchev–Trinajstić information content (AvgIpc) is 2.39. The highest BCUT2D eigenvalue weighted by molar-refractivity contribution is 6.30. The van der Waals surface area contributed by atoms with E-state index in [1.54, 1.807) is 7.11 Å². The molecule has 0 amide bonds. The van der Waals surface area contributed by atoms with E-state index in [1.165, 1.54) is 0 Å². The largest absolute Gasteiger partial charge is 0.392 e. The monoisotopic (exact) mass is 269 g/mol. The molecule has 2 unspecified atom stereocenters. The molecule has 0 aliphatic carbocycles. The van der Waals surface area contributed by atoms with Gasteiger partial charge in [0.15, 0.2) is 0 Å². The maximum atomic E-state index is 9.45. The van der Waals surface area contributed by atoms with Crippen molar-refractivity contribution in [2.24, 2.45) is 0 Å². The van der Waals surface area contributed by atoms with E-state index in [2.05, 4.69) is 11.8 Å². The third kappa shape index (κ3) is 2.79. The number of aliphatic hydroxyl groups excluding tert-OH is 1. The van der Waals surface area contributed by atoms with E-state index in [0.717, 1.165) is 30.6 Å². The molecule has 3 nitrogen and oxygen atoms in total. The van der Waals surface area contributed by atoms with Gasteiger partial charge in [0.05, 0.1) is 12.7 Å². The lowest BCUT2D eigenvalue weighted by Crippen LogP contribution is -2.43. The van der Waals surface area contributed by atoms with Crippen LogP contribution in [-0.4, -0.2) is 30.9 Å². The van der Waals surface area contributed by atoms with Gasteiger partial charge in [-0.05, 0) is 38.0 Å². The van der Waals surface area contributed by atoms with E-state index in [4.69, 9.17) is 16.3 Å². The number of piperidine rings is 1. The predicted molar refractivity (Wildman–Crippen MR) is 74.2 cm³/mol. The number of rotatable bonds is 3. The van der Waals surface area contributed by atoms with Crippen molar-refractivity contribution >= 4 is 17.3 Å². The second-order valence-corrected chi connectivity index (χ2v) is 5.29. The molecule has 100 valence electrons. The molecular formula is C14H20ClNO2. The maximum Gasteiger partial charge on any atom is 0.0702 e. The molecule has 18 heavy (non-hydrogen) atoms. The zero-order chi connectivity index (χ0) is 13.1. The van der Waals surface area contributed by atoms with E-state index < -0.39 is 0 Å². The van der Waals surface area contributed by atoms with E-state index in [9.17, 15) is 5.11 Å². The number of ether oxygens (including phenoxy) is 1. The van der Waals surface area contributed by atoms with Crippen LogP contribution in [0.15, 0.2) is 18.2 Å². The molecule has 2 atom stereocenters. The highest BCUT2D eigenvalue weighted by Gasteiger charge is 2.26. The van der Waals surface area contributed by atoms with Crippen molar-refractivity contribution in [2.45, 2.75) is 38.5 Å². The Bertz CT molecular complexity index is 411. The molecular weight excluding hydrogens is 250 g/mol. The number of halogens is 1. The van der Waals surface area contributed by atoms with Gasteiger partial charge in [-0.3, -0.25) is 0 Å². The molecule has 0 bridgehead atoms. The molecule has 0 saturated carbocycles. The Morgan fingerprint density at radius 3 is 2.89 bits per heavy atom. The lowest BCUT2D eigenvalue weighted by molar-refractivity contribution is 0.0720. The van der Waals surface area contributed by atoms with Gasteiger partial charge in [-0.15, -0.1) is 0 Å². The Kier molecular flexibility index (Phi) is 4.49. The van der Waals surface area contributed by atoms with Crippen molar-refractivity contribution < 1.29 is 9.84 Å². The summed E-state index contributed by atoms with van der Waals surface area (Å²) in [5.41, 5.74) is 1.98. The van der Waals surface area contributed by atoms with Gasteiger partial charge in [-0.25, -0.2) is 0 Å². The third-order valence-corrected chi connectivity index (χ3v) is 3.92. The van der Waals surface area contributed by atoms with Gasteiger partial charge < -0.3 is 14.7 Å². The van der Waals surface area contributed by atoms with Crippen LogP contribution in [0, 0.1) is 0 Å². The van der Waals surface area contributed by atoms with Crippen molar-refractivity contribution in [3.63, 3.8) is 0 Å². The summed E-state index contributed by atoms with van der Waals surface area (Å²) in [5, 5.41) is 10.1. The molecule has 1 aromatic carbocycles. The van der Waals surface area contributed by atoms with Crippen LogP contribution in [0.1, 0.15) is 25.3 Å². The average molecular weight is 270 g/mol. The summed E-state index contributed by atoms with van der Waals surface area (Å²) in [4.78, 5) is 2.33. The first kappa shape index (κ1) is 13.7. The molecule has 1 N–H and O–H groups in total. The van der Waals surface area contributed by atoms with Crippen LogP contribution in [0.3, 0.4) is 0 Å². The number of benzene rings is 1. The van der Waals surface area contributed by atoms with Gasteiger partial charge in [0.2, 0.25) is 0 Å². The summed E-state index contributed by atoms with van der Waals surface area (Å²) >= 11 is 5.97. The lowest BCUT2D eigenvalue weighted by atomic mass is 9.98. The molecule has 1 aromatic rings. The van der Waals surface area contributed by atoms with Crippen molar-refractivity contribution in [3.8, 4) is 0 Å². The highest BCUT2D eigenvalue weighted by atomic mass is 35.5. The second-order valence-electron chi connectivity index (χ2n) is 4.86. The summed E-state index contributed by atoms with van der Waals surface area (Å²) in [7, 11) is 1.77. The molecule has 2 rings (SSSR count). The Labute approximate surface area is 113 Å². The quantitative estimate of drug-likeness (QED) is 0.916. The fourth-order valence-corrected chi connectivity index (χ4v) is 2.86. The zero-order valence-electron chi connectivity index (χ0n) is 10.9. The van der Waals surface area contributed by atoms with Gasteiger partial charge in [0, 0.05) is 36.0 Å². The van der Waals surface area contributed by atoms with Crippen LogP contribution in [0.2, 0.25) is 5.02 Å². The third-order valence-electron chi connectivity index (χ3n) is 3.68. The van der Waals surface area contributed by atoms with Crippen LogP contribution in [-0.2, 0) is 11.3 Å². The topological polar surface area (TPSA) is 32.7 Å². The van der Waals surface area contributed by atoms with Crippen molar-refractivity contribution in [2.75, 3.05) is 18.6 Å². The first-order valence-corrected chi connectivity index (χ1v) is 6.72. The summed E-state index contributed by atoms with van der Waals surface area (Å²) < 4.78 is 5.42. The lowest BCUT2D eigenvalue weighted by Gasteiger charge is -2.39. The molecule has 1 fully saturated rings. The van der Waals surface area contributed by atoms with Gasteiger partial charge >= 0.3 is 0 Å². The van der Waals surface area contributed by atoms with Crippen molar-refractivity contribution in [1.82, 2.24) is 0 Å². The molecule has 1 aliphatic rings. The molecule has 4 heteroatoms. The van der Waals surface area contributed by atoms with E-state index in [-0.39, 0.29) is 6.61 Å². The van der Waals surface area contributed by atoms with Crippen LogP contribution in [0.4, 0.5) is 5.69 Å². The fraction of sp³-hybridized carbons (Fsp3) is 0.571. The minimum Gasteiger partial charge on any atom is -0.392 e. The standard InChI is InChI=1S/C14H20ClNO2/c1-10-7-13(18-2)5-6-16(10)14-4-3-12(15)8-11(14)9-17/h3-4,8,10,13,17H,5-7,9H2,1-2H3. The molecule has 0 radical (unpaired) electrons. The maximum absolute atomic E-state index is 9.45. The van der Waals surface area contributed by atoms with Crippen LogP contribution >= 0.6 is 11.6 Å². The van der Waals surface area contributed by atoms with Gasteiger partial charge in [-0.1, -0.05) is 11.6 Å². The summed E-state index contributed by atoms with van der Waals surface area (Å²) in [5.74, 6) is 0. The van der Waals surface area contributed by atoms with Crippen LogP contribution < -0.4 is 4.90 Å². The number of hydrogen-bond acceptors (Lipinski definition) is 3. The number of nitrogens with zero attached hydrogens (tertiary/aromatic N) is 1. The Hall–Kier alpha value is -0.770. The molecule has 1 saturated heterocycles. The van der Waals surface area contributed by atoms with Crippen molar-refractivity contribution in [1.29, 1.82) is 0 Å². The SMILES string of the molecule is COC1CCN(c2ccc(Cl)cc2CO)C(C)C1. The fourth-order valence-electron chi connectivity index (χ4n) is 2.66. The molecule has 0 aromatic heterocycles. The number of anilines is 1. The summed E-state index contributed by atoms with van der Waals surface area (Å²) in [6, 6.07) is 6.13. The number of methoxy groups -OCH3 is 1. The van der Waals surface area contributed by atoms with Crippen LogP contribution in [0.25, 0.3) is 0 Å². The Balaban J connectivity index is 2.21. The Morgan fingerprint density at radius 2 is 2.28 bits per heavy atom. The Morgan fingerprint density at radius 1 is 1.50 bits per heavy atom. The molecule has 1 aliphatic heterocycles. The van der Waals surface area contributed by atoms with E-state index in [1.807, 2.05) is 18.2 Å². The zero-order valence-corrected chi connectivity index (χ0v) is 11.7.